The summed E-state index contributed by atoms with van der Waals surface area (Å²) in [4.78, 5) is 17.0. The maximum absolute atomic E-state index is 12.5. The van der Waals surface area contributed by atoms with Crippen LogP contribution in [0.15, 0.2) is 24.3 Å². The van der Waals surface area contributed by atoms with Crippen molar-refractivity contribution in [3.63, 3.8) is 0 Å². The molecule has 1 heterocycles. The van der Waals surface area contributed by atoms with Crippen molar-refractivity contribution in [1.82, 2.24) is 9.80 Å². The fourth-order valence-corrected chi connectivity index (χ4v) is 3.17. The van der Waals surface area contributed by atoms with Crippen LogP contribution in [0.5, 0.6) is 0 Å². The van der Waals surface area contributed by atoms with Crippen LogP contribution in [-0.2, 0) is 4.79 Å². The Morgan fingerprint density at radius 2 is 1.65 bits per heavy atom. The fourth-order valence-electron chi connectivity index (χ4n) is 3.17. The van der Waals surface area contributed by atoms with Crippen LogP contribution in [0, 0.1) is 6.92 Å². The fraction of sp³-hybridized carbons (Fsp3) is 0.588. The topological polar surface area (TPSA) is 49.6 Å². The van der Waals surface area contributed by atoms with Gasteiger partial charge in [0.2, 0.25) is 5.91 Å². The van der Waals surface area contributed by atoms with E-state index in [1.54, 1.807) is 0 Å². The first-order chi connectivity index (χ1) is 10.1. The Balaban J connectivity index is 0.00000132. The maximum Gasteiger partial charge on any atom is 0.244 e. The maximum atomic E-state index is 12.5. The molecule has 2 fully saturated rings. The minimum Gasteiger partial charge on any atom is -0.338 e. The predicted octanol–water partition coefficient (Wildman–Crippen LogP) is 2.54. The van der Waals surface area contributed by atoms with Gasteiger partial charge in [-0.05, 0) is 25.3 Å². The molecule has 3 rings (SSSR count). The van der Waals surface area contributed by atoms with E-state index in [1.807, 2.05) is 36.1 Å². The van der Waals surface area contributed by atoms with Crippen LogP contribution in [0.4, 0.5) is 0 Å². The number of nitrogens with two attached hydrogens (primary N) is 1. The molecule has 1 aliphatic heterocycles. The van der Waals surface area contributed by atoms with E-state index in [4.69, 9.17) is 5.73 Å². The van der Waals surface area contributed by atoms with Crippen molar-refractivity contribution in [3.8, 4) is 0 Å². The van der Waals surface area contributed by atoms with Gasteiger partial charge in [0.1, 0.15) is 6.04 Å². The van der Waals surface area contributed by atoms with E-state index < -0.39 is 6.04 Å². The van der Waals surface area contributed by atoms with Crippen molar-refractivity contribution in [2.45, 2.75) is 38.3 Å². The van der Waals surface area contributed by atoms with Crippen molar-refractivity contribution in [2.24, 2.45) is 5.73 Å². The molecule has 1 atom stereocenters. The molecule has 2 N–H and O–H groups in total. The van der Waals surface area contributed by atoms with Gasteiger partial charge in [0.25, 0.3) is 0 Å². The number of hydrogen-bond donors (Lipinski definition) is 1. The third-order valence-electron chi connectivity index (χ3n) is 4.92. The molecular weight excluding hydrogens is 333 g/mol. The Kier molecular flexibility index (Phi) is 7.81. The summed E-state index contributed by atoms with van der Waals surface area (Å²) in [5, 5.41) is 0. The number of rotatable bonds is 3. The number of aryl methyl sites for hydroxylation is 1. The molecule has 1 aliphatic carbocycles. The zero-order valence-corrected chi connectivity index (χ0v) is 15.2. The van der Waals surface area contributed by atoms with E-state index in [0.717, 1.165) is 37.8 Å². The van der Waals surface area contributed by atoms with Crippen LogP contribution >= 0.6 is 24.8 Å². The summed E-state index contributed by atoms with van der Waals surface area (Å²) < 4.78 is 0. The van der Waals surface area contributed by atoms with Crippen LogP contribution in [0.25, 0.3) is 0 Å². The van der Waals surface area contributed by atoms with Gasteiger partial charge in [-0.1, -0.05) is 36.2 Å². The van der Waals surface area contributed by atoms with Gasteiger partial charge in [0, 0.05) is 32.2 Å². The molecular formula is C17H27Cl2N3O. The van der Waals surface area contributed by atoms with Gasteiger partial charge < -0.3 is 10.6 Å². The minimum atomic E-state index is -0.527. The van der Waals surface area contributed by atoms with Crippen molar-refractivity contribution < 1.29 is 4.79 Å². The number of amides is 1. The molecule has 23 heavy (non-hydrogen) atoms. The normalized spacial score (nSPS) is 20.0. The van der Waals surface area contributed by atoms with Crippen LogP contribution in [0.1, 0.15) is 36.4 Å². The zero-order chi connectivity index (χ0) is 14.8. The van der Waals surface area contributed by atoms with Gasteiger partial charge >= 0.3 is 0 Å². The van der Waals surface area contributed by atoms with Crippen LogP contribution in [0.3, 0.4) is 0 Å². The Hall–Kier alpha value is -0.810. The molecule has 1 aromatic rings. The van der Waals surface area contributed by atoms with E-state index >= 15 is 0 Å². The second-order valence-corrected chi connectivity index (χ2v) is 6.33. The summed E-state index contributed by atoms with van der Waals surface area (Å²) in [5.41, 5.74) is 8.24. The largest absolute Gasteiger partial charge is 0.338 e. The second-order valence-electron chi connectivity index (χ2n) is 6.33. The lowest BCUT2D eigenvalue weighted by Gasteiger charge is -2.43. The molecule has 6 heteroatoms. The summed E-state index contributed by atoms with van der Waals surface area (Å²) >= 11 is 0. The highest BCUT2D eigenvalue weighted by molar-refractivity contribution is 5.85. The lowest BCUT2D eigenvalue weighted by atomic mass is 9.91. The summed E-state index contributed by atoms with van der Waals surface area (Å²) in [7, 11) is 0. The first kappa shape index (κ1) is 20.2. The van der Waals surface area contributed by atoms with Gasteiger partial charge in [-0.15, -0.1) is 24.8 Å². The Bertz CT molecular complexity index is 497. The number of carbonyl (C=O) groups excluding carboxylic acids is 1. The van der Waals surface area contributed by atoms with Gasteiger partial charge in [-0.25, -0.2) is 0 Å². The first-order valence-electron chi connectivity index (χ1n) is 8.00. The van der Waals surface area contributed by atoms with E-state index in [-0.39, 0.29) is 30.7 Å². The predicted molar refractivity (Wildman–Crippen MR) is 98.4 cm³/mol. The summed E-state index contributed by atoms with van der Waals surface area (Å²) in [6.45, 7) is 5.66. The standard InChI is InChI=1S/C17H25N3O.2ClH/c1-13-5-7-14(8-6-13)16(18)17(21)20-11-9-19(10-12-20)15-3-2-4-15;;/h5-8,15-16H,2-4,9-12,18H2,1H3;2*1H. The van der Waals surface area contributed by atoms with E-state index in [0.29, 0.717) is 0 Å². The second kappa shape index (κ2) is 8.88. The van der Waals surface area contributed by atoms with Gasteiger partial charge in [-0.2, -0.15) is 0 Å². The Morgan fingerprint density at radius 3 is 2.13 bits per heavy atom. The monoisotopic (exact) mass is 359 g/mol. The van der Waals surface area contributed by atoms with E-state index in [9.17, 15) is 4.79 Å². The number of piperazine rings is 1. The molecule has 0 bridgehead atoms. The summed E-state index contributed by atoms with van der Waals surface area (Å²) in [6, 6.07) is 8.19. The third kappa shape index (κ3) is 4.60. The zero-order valence-electron chi connectivity index (χ0n) is 13.6. The number of carbonyl (C=O) groups is 1. The lowest BCUT2D eigenvalue weighted by Crippen LogP contribution is -2.54. The van der Waals surface area contributed by atoms with Gasteiger partial charge in [0.05, 0.1) is 0 Å². The molecule has 2 aliphatic rings. The Labute approximate surface area is 151 Å². The number of hydrogen-bond acceptors (Lipinski definition) is 3. The number of benzene rings is 1. The molecule has 130 valence electrons. The van der Waals surface area contributed by atoms with Gasteiger partial charge in [0.15, 0.2) is 0 Å². The average molecular weight is 360 g/mol. The molecule has 1 amide bonds. The quantitative estimate of drug-likeness (QED) is 0.901. The van der Waals surface area contributed by atoms with Crippen LogP contribution < -0.4 is 5.73 Å². The molecule has 1 unspecified atom stereocenters. The van der Waals surface area contributed by atoms with Crippen molar-refractivity contribution >= 4 is 30.7 Å². The molecule has 0 aromatic heterocycles. The SMILES string of the molecule is Cc1ccc(C(N)C(=O)N2CCN(C3CCC3)CC2)cc1.Cl.Cl. The van der Waals surface area contributed by atoms with Crippen LogP contribution in [-0.4, -0.2) is 47.9 Å². The molecule has 1 saturated carbocycles. The molecule has 0 spiro atoms. The number of halogens is 2. The highest BCUT2D eigenvalue weighted by Crippen LogP contribution is 2.26. The minimum absolute atomic E-state index is 0. The molecule has 1 saturated heterocycles. The van der Waals surface area contributed by atoms with Crippen molar-refractivity contribution in [2.75, 3.05) is 26.2 Å². The molecule has 0 radical (unpaired) electrons. The third-order valence-corrected chi connectivity index (χ3v) is 4.92. The first-order valence-corrected chi connectivity index (χ1v) is 8.00. The average Bonchev–Trinajstić information content (AvgIpc) is 2.46. The van der Waals surface area contributed by atoms with Crippen molar-refractivity contribution in [1.29, 1.82) is 0 Å². The smallest absolute Gasteiger partial charge is 0.244 e. The summed E-state index contributed by atoms with van der Waals surface area (Å²) in [5.74, 6) is 0.0621. The van der Waals surface area contributed by atoms with E-state index in [2.05, 4.69) is 4.90 Å². The lowest BCUT2D eigenvalue weighted by molar-refractivity contribution is -0.135. The highest BCUT2D eigenvalue weighted by atomic mass is 35.5. The molecule has 4 nitrogen and oxygen atoms in total. The number of nitrogens with zero attached hydrogens (tertiary/aromatic N) is 2. The molecule has 1 aromatic carbocycles. The van der Waals surface area contributed by atoms with E-state index in [1.165, 1.54) is 24.8 Å². The summed E-state index contributed by atoms with van der Waals surface area (Å²) in [6.07, 6.45) is 4.02. The van der Waals surface area contributed by atoms with Crippen molar-refractivity contribution in [3.05, 3.63) is 35.4 Å². The Morgan fingerprint density at radius 1 is 1.09 bits per heavy atom. The van der Waals surface area contributed by atoms with Crippen LogP contribution in [0.2, 0.25) is 0 Å². The van der Waals surface area contributed by atoms with Gasteiger partial charge in [-0.3, -0.25) is 9.69 Å². The highest BCUT2D eigenvalue weighted by Gasteiger charge is 2.31.